The largest absolute Gasteiger partial charge is 0.347 e. The van der Waals surface area contributed by atoms with E-state index < -0.39 is 0 Å². The molecule has 1 aromatic heterocycles. The Bertz CT molecular complexity index is 451. The summed E-state index contributed by atoms with van der Waals surface area (Å²) in [5.41, 5.74) is 2.53. The van der Waals surface area contributed by atoms with Crippen molar-refractivity contribution >= 4 is 17.0 Å². The van der Waals surface area contributed by atoms with Crippen molar-refractivity contribution in [2.24, 2.45) is 0 Å². The highest BCUT2D eigenvalue weighted by Gasteiger charge is 2.02. The summed E-state index contributed by atoms with van der Waals surface area (Å²) in [6.45, 7) is 7.12. The van der Waals surface area contributed by atoms with Crippen LogP contribution in [0, 0.1) is 0 Å². The van der Waals surface area contributed by atoms with Gasteiger partial charge in [-0.1, -0.05) is 37.8 Å². The van der Waals surface area contributed by atoms with E-state index >= 15 is 0 Å². The molecule has 1 heteroatoms. The first-order chi connectivity index (χ1) is 6.86. The maximum absolute atomic E-state index is 3.85. The van der Waals surface area contributed by atoms with E-state index in [0.717, 1.165) is 13.0 Å². The molecule has 72 valence electrons. The third-order valence-electron chi connectivity index (χ3n) is 2.50. The number of benzene rings is 1. The highest BCUT2D eigenvalue weighted by atomic mass is 14.9. The molecule has 0 N–H and O–H groups in total. The Morgan fingerprint density at radius 2 is 2.21 bits per heavy atom. The van der Waals surface area contributed by atoms with E-state index in [1.807, 2.05) is 6.08 Å². The lowest BCUT2D eigenvalue weighted by Gasteiger charge is -2.05. The Morgan fingerprint density at radius 1 is 1.36 bits per heavy atom. The number of para-hydroxylation sites is 1. The van der Waals surface area contributed by atoms with Crippen LogP contribution in [0.2, 0.25) is 0 Å². The molecule has 0 fully saturated rings. The molecule has 0 saturated heterocycles. The Morgan fingerprint density at radius 3 is 2.93 bits per heavy atom. The van der Waals surface area contributed by atoms with Crippen LogP contribution < -0.4 is 0 Å². The van der Waals surface area contributed by atoms with Crippen molar-refractivity contribution in [3.05, 3.63) is 42.6 Å². The maximum Gasteiger partial charge on any atom is 0.0553 e. The van der Waals surface area contributed by atoms with Crippen LogP contribution in [0.1, 0.15) is 18.9 Å². The van der Waals surface area contributed by atoms with Gasteiger partial charge in [-0.2, -0.15) is 0 Å². The number of fused-ring (bicyclic) bond motifs is 1. The average molecular weight is 185 g/mol. The van der Waals surface area contributed by atoms with Crippen molar-refractivity contribution < 1.29 is 0 Å². The standard InChI is InChI=1S/C13H15N/c1-3-9-14-10-8-12-7-5-6-11(4-2)13(12)14/h4-8,10H,2-3,9H2,1H3. The molecule has 0 unspecified atom stereocenters. The minimum Gasteiger partial charge on any atom is -0.347 e. The number of aryl methyl sites for hydroxylation is 1. The van der Waals surface area contributed by atoms with Crippen molar-refractivity contribution in [2.75, 3.05) is 0 Å². The van der Waals surface area contributed by atoms with Gasteiger partial charge in [-0.05, 0) is 18.1 Å². The minimum atomic E-state index is 1.08. The van der Waals surface area contributed by atoms with E-state index in [9.17, 15) is 0 Å². The first kappa shape index (κ1) is 9.07. The molecule has 0 aliphatic rings. The van der Waals surface area contributed by atoms with Crippen molar-refractivity contribution in [3.8, 4) is 0 Å². The quantitative estimate of drug-likeness (QED) is 0.687. The molecule has 0 radical (unpaired) electrons. The summed E-state index contributed by atoms with van der Waals surface area (Å²) in [7, 11) is 0. The predicted molar refractivity (Wildman–Crippen MR) is 62.3 cm³/mol. The molecule has 1 nitrogen and oxygen atoms in total. The van der Waals surface area contributed by atoms with Gasteiger partial charge in [0.2, 0.25) is 0 Å². The lowest BCUT2D eigenvalue weighted by atomic mass is 10.1. The second kappa shape index (κ2) is 3.70. The average Bonchev–Trinajstić information content (AvgIpc) is 2.62. The monoisotopic (exact) mass is 185 g/mol. The summed E-state index contributed by atoms with van der Waals surface area (Å²) in [5, 5.41) is 1.30. The summed E-state index contributed by atoms with van der Waals surface area (Å²) < 4.78 is 2.30. The topological polar surface area (TPSA) is 4.93 Å². The lowest BCUT2D eigenvalue weighted by Crippen LogP contribution is -1.95. The first-order valence-electron chi connectivity index (χ1n) is 5.07. The summed E-state index contributed by atoms with van der Waals surface area (Å²) in [6, 6.07) is 8.50. The number of hydrogen-bond acceptors (Lipinski definition) is 0. The van der Waals surface area contributed by atoms with Gasteiger partial charge in [0.25, 0.3) is 0 Å². The van der Waals surface area contributed by atoms with Gasteiger partial charge in [0.05, 0.1) is 5.52 Å². The summed E-state index contributed by atoms with van der Waals surface area (Å²) in [6.07, 6.45) is 5.24. The van der Waals surface area contributed by atoms with Gasteiger partial charge in [-0.15, -0.1) is 0 Å². The van der Waals surface area contributed by atoms with Crippen LogP contribution >= 0.6 is 0 Å². The van der Waals surface area contributed by atoms with Crippen LogP contribution in [0.15, 0.2) is 37.0 Å². The van der Waals surface area contributed by atoms with E-state index in [2.05, 4.69) is 48.5 Å². The minimum absolute atomic E-state index is 1.08. The van der Waals surface area contributed by atoms with Gasteiger partial charge in [0, 0.05) is 18.1 Å². The van der Waals surface area contributed by atoms with Gasteiger partial charge >= 0.3 is 0 Å². The molecule has 0 amide bonds. The number of hydrogen-bond donors (Lipinski definition) is 0. The van der Waals surface area contributed by atoms with Crippen molar-refractivity contribution in [1.29, 1.82) is 0 Å². The van der Waals surface area contributed by atoms with Crippen LogP contribution in [0.5, 0.6) is 0 Å². The van der Waals surface area contributed by atoms with E-state index in [1.165, 1.54) is 16.5 Å². The van der Waals surface area contributed by atoms with Crippen LogP contribution in [-0.4, -0.2) is 4.57 Å². The molecule has 0 aliphatic heterocycles. The van der Waals surface area contributed by atoms with Gasteiger partial charge in [0.15, 0.2) is 0 Å². The van der Waals surface area contributed by atoms with Gasteiger partial charge < -0.3 is 4.57 Å². The maximum atomic E-state index is 3.85. The number of rotatable bonds is 3. The van der Waals surface area contributed by atoms with E-state index in [0.29, 0.717) is 0 Å². The van der Waals surface area contributed by atoms with Crippen molar-refractivity contribution in [1.82, 2.24) is 4.57 Å². The summed E-state index contributed by atoms with van der Waals surface area (Å²) >= 11 is 0. The smallest absolute Gasteiger partial charge is 0.0553 e. The molecule has 1 heterocycles. The third kappa shape index (κ3) is 1.35. The van der Waals surface area contributed by atoms with Crippen molar-refractivity contribution in [3.63, 3.8) is 0 Å². The normalized spacial score (nSPS) is 10.6. The molecular formula is C13H15N. The Kier molecular flexibility index (Phi) is 2.40. The van der Waals surface area contributed by atoms with Crippen molar-refractivity contribution in [2.45, 2.75) is 19.9 Å². The first-order valence-corrected chi connectivity index (χ1v) is 5.07. The van der Waals surface area contributed by atoms with E-state index in [4.69, 9.17) is 0 Å². The molecule has 1 aromatic carbocycles. The zero-order valence-corrected chi connectivity index (χ0v) is 8.53. The fourth-order valence-corrected chi connectivity index (χ4v) is 1.88. The number of aromatic nitrogens is 1. The highest BCUT2D eigenvalue weighted by molar-refractivity contribution is 5.88. The summed E-state index contributed by atoms with van der Waals surface area (Å²) in [5.74, 6) is 0. The fourth-order valence-electron chi connectivity index (χ4n) is 1.88. The van der Waals surface area contributed by atoms with Crippen LogP contribution in [0.25, 0.3) is 17.0 Å². The van der Waals surface area contributed by atoms with E-state index in [-0.39, 0.29) is 0 Å². The van der Waals surface area contributed by atoms with Gasteiger partial charge in [-0.3, -0.25) is 0 Å². The van der Waals surface area contributed by atoms with Crippen LogP contribution in [-0.2, 0) is 6.54 Å². The fraction of sp³-hybridized carbons (Fsp3) is 0.231. The Labute approximate surface area is 84.7 Å². The van der Waals surface area contributed by atoms with Crippen LogP contribution in [0.4, 0.5) is 0 Å². The lowest BCUT2D eigenvalue weighted by molar-refractivity contribution is 0.703. The predicted octanol–water partition coefficient (Wildman–Crippen LogP) is 3.69. The second-order valence-corrected chi connectivity index (χ2v) is 3.50. The van der Waals surface area contributed by atoms with Gasteiger partial charge in [0.1, 0.15) is 0 Å². The Hall–Kier alpha value is -1.50. The molecular weight excluding hydrogens is 170 g/mol. The zero-order valence-electron chi connectivity index (χ0n) is 8.53. The van der Waals surface area contributed by atoms with Crippen LogP contribution in [0.3, 0.4) is 0 Å². The molecule has 0 atom stereocenters. The Balaban J connectivity index is 2.67. The summed E-state index contributed by atoms with van der Waals surface area (Å²) in [4.78, 5) is 0. The van der Waals surface area contributed by atoms with Gasteiger partial charge in [-0.25, -0.2) is 0 Å². The molecule has 2 aromatic rings. The zero-order chi connectivity index (χ0) is 9.97. The SMILES string of the molecule is C=Cc1cccc2ccn(CCC)c12. The molecule has 0 aliphatic carbocycles. The highest BCUT2D eigenvalue weighted by Crippen LogP contribution is 2.21. The molecule has 0 saturated carbocycles. The van der Waals surface area contributed by atoms with E-state index in [1.54, 1.807) is 0 Å². The number of nitrogens with zero attached hydrogens (tertiary/aromatic N) is 1. The molecule has 0 bridgehead atoms. The molecule has 2 rings (SSSR count). The second-order valence-electron chi connectivity index (χ2n) is 3.50. The molecule has 0 spiro atoms. The molecule has 14 heavy (non-hydrogen) atoms. The third-order valence-corrected chi connectivity index (χ3v) is 2.50.